The molecule has 0 bridgehead atoms. The molecule has 118 valence electrons. The fraction of sp³-hybridized carbons (Fsp3) is 0.188. The van der Waals surface area contributed by atoms with Gasteiger partial charge >= 0.3 is 11.6 Å². The molecule has 0 saturated carbocycles. The summed E-state index contributed by atoms with van der Waals surface area (Å²) in [4.78, 5) is 23.6. The molecule has 1 aromatic carbocycles. The first-order valence-corrected chi connectivity index (χ1v) is 6.98. The van der Waals surface area contributed by atoms with Crippen molar-refractivity contribution in [2.75, 3.05) is 5.32 Å². The number of anilines is 1. The maximum Gasteiger partial charge on any atom is 0.373 e. The Kier molecular flexibility index (Phi) is 5.55. The van der Waals surface area contributed by atoms with Gasteiger partial charge in [-0.1, -0.05) is 10.7 Å². The van der Waals surface area contributed by atoms with E-state index in [4.69, 9.17) is 0 Å². The molecule has 0 saturated heterocycles. The van der Waals surface area contributed by atoms with Crippen LogP contribution in [0.5, 0.6) is 0 Å². The second-order valence-corrected chi connectivity index (χ2v) is 4.88. The molecule has 2 N–H and O–H groups in total. The molecule has 6 nitrogen and oxygen atoms in total. The van der Waals surface area contributed by atoms with Crippen LogP contribution in [0.4, 0.5) is 10.1 Å². The molecule has 0 spiro atoms. The van der Waals surface area contributed by atoms with E-state index >= 15 is 0 Å². The van der Waals surface area contributed by atoms with Crippen LogP contribution in [-0.2, 0) is 9.59 Å². The van der Waals surface area contributed by atoms with Gasteiger partial charge in [0.05, 0.1) is 12.8 Å². The number of benzene rings is 1. The molecule has 0 atom stereocenters. The Hall–Kier alpha value is -3.05. The average molecular weight is 315 g/mol. The highest BCUT2D eigenvalue weighted by molar-refractivity contribution is 6.39. The largest absolute Gasteiger partial charge is 0.373 e. The van der Waals surface area contributed by atoms with Crippen molar-refractivity contribution in [3.05, 3.63) is 42.2 Å². The summed E-state index contributed by atoms with van der Waals surface area (Å²) in [6.45, 7) is 1.62. The van der Waals surface area contributed by atoms with Gasteiger partial charge in [0.15, 0.2) is 0 Å². The Balaban J connectivity index is 1.84. The molecule has 2 rings (SSSR count). The second-order valence-electron chi connectivity index (χ2n) is 4.88. The Morgan fingerprint density at radius 3 is 2.70 bits per heavy atom. The van der Waals surface area contributed by atoms with E-state index in [1.165, 1.54) is 30.5 Å². The smallest absolute Gasteiger partial charge is 0.326 e. The van der Waals surface area contributed by atoms with E-state index in [2.05, 4.69) is 20.5 Å². The first-order chi connectivity index (χ1) is 11.0. The number of nitrogens with one attached hydrogen (secondary N) is 2. The zero-order valence-corrected chi connectivity index (χ0v) is 12.5. The molecule has 0 fully saturated rings. The fourth-order valence-corrected chi connectivity index (χ4v) is 1.80. The number of hydrogen-bond acceptors (Lipinski definition) is 3. The third kappa shape index (κ3) is 5.33. The minimum Gasteiger partial charge on any atom is -0.326 e. The lowest BCUT2D eigenvalue weighted by molar-refractivity contribution is -0.116. The molecule has 1 aliphatic heterocycles. The number of carbonyl (C=O) groups excluding carboxylic acids is 2. The van der Waals surface area contributed by atoms with Gasteiger partial charge in [-0.05, 0) is 31.2 Å². The van der Waals surface area contributed by atoms with Crippen LogP contribution in [-0.4, -0.2) is 29.5 Å². The lowest BCUT2D eigenvalue weighted by atomic mass is 10.2. The molecule has 2 amide bonds. The fourth-order valence-electron chi connectivity index (χ4n) is 1.80. The van der Waals surface area contributed by atoms with Gasteiger partial charge in [0.1, 0.15) is 5.82 Å². The van der Waals surface area contributed by atoms with Crippen LogP contribution in [0.1, 0.15) is 19.8 Å². The van der Waals surface area contributed by atoms with Crippen molar-refractivity contribution in [1.29, 1.82) is 0 Å². The highest BCUT2D eigenvalue weighted by atomic mass is 19.1. The van der Waals surface area contributed by atoms with Gasteiger partial charge in [-0.25, -0.2) is 9.82 Å². The summed E-state index contributed by atoms with van der Waals surface area (Å²) >= 11 is 0. The SMILES string of the molecule is C/C(CC(=O)Nc1ccc(F)cc1)=N\NC(=O)C1=[N+]=CC=CC1. The van der Waals surface area contributed by atoms with Gasteiger partial charge < -0.3 is 5.32 Å². The molecular weight excluding hydrogens is 299 g/mol. The van der Waals surface area contributed by atoms with E-state index in [-0.39, 0.29) is 18.1 Å². The predicted molar refractivity (Wildman–Crippen MR) is 87.9 cm³/mol. The van der Waals surface area contributed by atoms with E-state index in [0.717, 1.165) is 0 Å². The number of hydrazone groups is 1. The van der Waals surface area contributed by atoms with Gasteiger partial charge in [-0.15, -0.1) is 0 Å². The Bertz CT molecular complexity index is 729. The van der Waals surface area contributed by atoms with Gasteiger partial charge in [0.25, 0.3) is 6.21 Å². The van der Waals surface area contributed by atoms with Crippen LogP contribution in [0.25, 0.3) is 0 Å². The minimum atomic E-state index is -0.399. The van der Waals surface area contributed by atoms with Gasteiger partial charge in [-0.3, -0.25) is 9.59 Å². The van der Waals surface area contributed by atoms with E-state index < -0.39 is 5.91 Å². The monoisotopic (exact) mass is 315 g/mol. The third-order valence-corrected chi connectivity index (χ3v) is 2.92. The zero-order chi connectivity index (χ0) is 16.7. The highest BCUT2D eigenvalue weighted by Crippen LogP contribution is 2.08. The van der Waals surface area contributed by atoms with Crippen LogP contribution < -0.4 is 15.4 Å². The van der Waals surface area contributed by atoms with E-state index in [0.29, 0.717) is 23.5 Å². The molecular formula is C16H16FN4O2+. The first kappa shape index (κ1) is 16.3. The van der Waals surface area contributed by atoms with Crippen molar-refractivity contribution in [3.8, 4) is 0 Å². The lowest BCUT2D eigenvalue weighted by Crippen LogP contribution is -2.30. The predicted octanol–water partition coefficient (Wildman–Crippen LogP) is 1.19. The van der Waals surface area contributed by atoms with Crippen molar-refractivity contribution in [2.45, 2.75) is 19.8 Å². The number of rotatable bonds is 5. The van der Waals surface area contributed by atoms with Crippen molar-refractivity contribution >= 4 is 35.1 Å². The van der Waals surface area contributed by atoms with Crippen molar-refractivity contribution in [2.24, 2.45) is 5.10 Å². The van der Waals surface area contributed by atoms with E-state index in [9.17, 15) is 14.0 Å². The van der Waals surface area contributed by atoms with E-state index in [1.807, 2.05) is 6.08 Å². The molecule has 0 radical (unpaired) electrons. The molecule has 0 aromatic heterocycles. The summed E-state index contributed by atoms with van der Waals surface area (Å²) in [5.74, 6) is -1.08. The molecule has 7 heteroatoms. The number of allylic oxidation sites excluding steroid dienone is 2. The lowest BCUT2D eigenvalue weighted by Gasteiger charge is -2.05. The number of nitrogens with zero attached hydrogens (tertiary/aromatic N) is 2. The number of halogens is 1. The normalized spacial score (nSPS) is 13.5. The van der Waals surface area contributed by atoms with Crippen LogP contribution >= 0.6 is 0 Å². The summed E-state index contributed by atoms with van der Waals surface area (Å²) in [6, 6.07) is 5.44. The quantitative estimate of drug-likeness (QED) is 0.486. The summed E-state index contributed by atoms with van der Waals surface area (Å²) in [5, 5.41) is 6.49. The molecule has 1 aliphatic rings. The number of amides is 2. The summed E-state index contributed by atoms with van der Waals surface area (Å²) in [5.41, 5.74) is 3.66. The topological polar surface area (TPSA) is 84.7 Å². The number of carbonyl (C=O) groups is 2. The van der Waals surface area contributed by atoms with E-state index in [1.54, 1.807) is 13.0 Å². The Morgan fingerprint density at radius 1 is 1.30 bits per heavy atom. The summed E-state index contributed by atoms with van der Waals surface area (Å²) < 4.78 is 16.7. The van der Waals surface area contributed by atoms with Crippen LogP contribution in [0.3, 0.4) is 0 Å². The van der Waals surface area contributed by atoms with Crippen molar-refractivity contribution in [3.63, 3.8) is 0 Å². The second kappa shape index (κ2) is 7.82. The van der Waals surface area contributed by atoms with Gasteiger partial charge in [0, 0.05) is 17.5 Å². The summed E-state index contributed by atoms with van der Waals surface area (Å²) in [7, 11) is 0. The molecule has 23 heavy (non-hydrogen) atoms. The molecule has 1 aromatic rings. The number of hydrogen-bond donors (Lipinski definition) is 2. The third-order valence-electron chi connectivity index (χ3n) is 2.92. The first-order valence-electron chi connectivity index (χ1n) is 6.98. The van der Waals surface area contributed by atoms with Gasteiger partial charge in [0.2, 0.25) is 5.91 Å². The molecule has 0 aliphatic carbocycles. The summed E-state index contributed by atoms with van der Waals surface area (Å²) in [6.07, 6.45) is 5.56. The maximum atomic E-state index is 12.8. The van der Waals surface area contributed by atoms with Crippen LogP contribution in [0.2, 0.25) is 0 Å². The Labute approximate surface area is 132 Å². The van der Waals surface area contributed by atoms with Crippen LogP contribution in [0.15, 0.2) is 41.5 Å². The maximum absolute atomic E-state index is 12.8. The molecule has 1 heterocycles. The van der Waals surface area contributed by atoms with Gasteiger partial charge in [-0.2, -0.15) is 5.10 Å². The highest BCUT2D eigenvalue weighted by Gasteiger charge is 2.20. The average Bonchev–Trinajstić information content (AvgIpc) is 2.55. The van der Waals surface area contributed by atoms with Crippen molar-refractivity contribution in [1.82, 2.24) is 10.1 Å². The zero-order valence-electron chi connectivity index (χ0n) is 12.5. The standard InChI is InChI=1S/C16H15FN4O2/c1-11(20-21-16(23)14-4-2-3-9-18-14)10-15(22)19-13-7-5-12(17)6-8-13/h2-3,5-9H,4,10H2,1H3,(H-,19,21,22,23)/p+1. The Morgan fingerprint density at radius 2 is 2.04 bits per heavy atom. The van der Waals surface area contributed by atoms with Crippen LogP contribution in [0, 0.1) is 5.82 Å². The molecule has 0 unspecified atom stereocenters. The minimum absolute atomic E-state index is 0.0101. The van der Waals surface area contributed by atoms with Crippen molar-refractivity contribution < 1.29 is 14.0 Å².